The monoisotopic (exact) mass is 861 g/mol. The standard InChI is InChI=1S/C57H96O5/c1-4-7-10-13-16-19-22-25-28-31-34-37-40-43-46-49-52-60-53-55(62-57(59)51-48-45-42-39-36-33-30-27-24-21-18-15-12-9-6-3)54-61-56(58)50-47-44-41-38-35-32-29-26-23-20-17-14-11-8-5-2/h8,11,16-17,19-20,25-30,35,38,44,47,55H,4-7,9-10,12-15,18,21-24,31-34,36-37,39-43,45-46,48-54H2,1-3H3/b11-8-,19-16-,20-17-,28-25-,29-26-,30-27-,38-35-,47-44-. The Kier molecular flexibility index (Phi) is 49.5. The van der Waals surface area contributed by atoms with Gasteiger partial charge in [0.25, 0.3) is 0 Å². The van der Waals surface area contributed by atoms with Gasteiger partial charge < -0.3 is 14.2 Å². The van der Waals surface area contributed by atoms with Crippen LogP contribution in [-0.4, -0.2) is 37.9 Å². The van der Waals surface area contributed by atoms with Crippen molar-refractivity contribution in [1.82, 2.24) is 0 Å². The number of esters is 2. The molecule has 0 aromatic heterocycles. The quantitative estimate of drug-likeness (QED) is 0.0347. The van der Waals surface area contributed by atoms with Crippen LogP contribution in [0.15, 0.2) is 97.2 Å². The van der Waals surface area contributed by atoms with Crippen LogP contribution in [0.5, 0.6) is 0 Å². The summed E-state index contributed by atoms with van der Waals surface area (Å²) in [6, 6.07) is 0. The predicted octanol–water partition coefficient (Wildman–Crippen LogP) is 17.5. The number of unbranched alkanes of at least 4 members (excludes halogenated alkanes) is 20. The molecule has 1 atom stereocenters. The summed E-state index contributed by atoms with van der Waals surface area (Å²) >= 11 is 0. The Hall–Kier alpha value is -3.18. The van der Waals surface area contributed by atoms with E-state index in [1.807, 2.05) is 12.2 Å². The minimum atomic E-state index is -0.590. The Morgan fingerprint density at radius 3 is 1.29 bits per heavy atom. The second-order valence-corrected chi connectivity index (χ2v) is 16.7. The van der Waals surface area contributed by atoms with E-state index in [4.69, 9.17) is 14.2 Å². The van der Waals surface area contributed by atoms with E-state index < -0.39 is 6.10 Å². The Morgan fingerprint density at radius 2 is 0.774 bits per heavy atom. The fourth-order valence-electron chi connectivity index (χ4n) is 6.78. The van der Waals surface area contributed by atoms with E-state index in [0.29, 0.717) is 13.0 Å². The molecular weight excluding hydrogens is 765 g/mol. The van der Waals surface area contributed by atoms with Crippen molar-refractivity contribution in [2.24, 2.45) is 0 Å². The maximum Gasteiger partial charge on any atom is 0.309 e. The summed E-state index contributed by atoms with van der Waals surface area (Å²) in [4.78, 5) is 25.3. The molecule has 5 nitrogen and oxygen atoms in total. The van der Waals surface area contributed by atoms with Crippen LogP contribution in [0.1, 0.15) is 226 Å². The van der Waals surface area contributed by atoms with Crippen molar-refractivity contribution in [2.75, 3.05) is 19.8 Å². The minimum Gasteiger partial charge on any atom is -0.461 e. The number of hydrogen-bond acceptors (Lipinski definition) is 5. The summed E-state index contributed by atoms with van der Waals surface area (Å²) in [5, 5.41) is 0. The first-order valence-corrected chi connectivity index (χ1v) is 25.8. The highest BCUT2D eigenvalue weighted by atomic mass is 16.6. The number of hydrogen-bond donors (Lipinski definition) is 0. The zero-order valence-electron chi connectivity index (χ0n) is 40.6. The van der Waals surface area contributed by atoms with Gasteiger partial charge in [-0.05, 0) is 103 Å². The number of rotatable bonds is 46. The summed E-state index contributed by atoms with van der Waals surface area (Å²) in [6.07, 6.45) is 70.1. The second-order valence-electron chi connectivity index (χ2n) is 16.7. The average molecular weight is 861 g/mol. The molecule has 5 heteroatoms. The van der Waals surface area contributed by atoms with Crippen LogP contribution in [0.4, 0.5) is 0 Å². The van der Waals surface area contributed by atoms with Crippen LogP contribution in [0.3, 0.4) is 0 Å². The molecule has 0 aliphatic rings. The van der Waals surface area contributed by atoms with E-state index >= 15 is 0 Å². The molecule has 0 saturated carbocycles. The number of carbonyl (C=O) groups excluding carboxylic acids is 2. The molecule has 0 N–H and O–H groups in total. The van der Waals surface area contributed by atoms with Crippen LogP contribution >= 0.6 is 0 Å². The van der Waals surface area contributed by atoms with E-state index in [1.54, 1.807) is 0 Å². The Bertz CT molecular complexity index is 1200. The topological polar surface area (TPSA) is 61.8 Å². The van der Waals surface area contributed by atoms with Crippen LogP contribution in [-0.2, 0) is 23.8 Å². The molecule has 0 bridgehead atoms. The number of allylic oxidation sites excluding steroid dienone is 15. The molecule has 0 saturated heterocycles. The average Bonchev–Trinajstić information content (AvgIpc) is 3.27. The molecule has 62 heavy (non-hydrogen) atoms. The summed E-state index contributed by atoms with van der Waals surface area (Å²) in [7, 11) is 0. The summed E-state index contributed by atoms with van der Waals surface area (Å²) in [5.41, 5.74) is 0. The highest BCUT2D eigenvalue weighted by molar-refractivity contribution is 5.71. The van der Waals surface area contributed by atoms with Gasteiger partial charge in [-0.1, -0.05) is 208 Å². The van der Waals surface area contributed by atoms with Gasteiger partial charge >= 0.3 is 11.9 Å². The van der Waals surface area contributed by atoms with E-state index in [1.165, 1.54) is 109 Å². The maximum absolute atomic E-state index is 12.8. The maximum atomic E-state index is 12.8. The Labute approximate surface area is 383 Å². The molecule has 0 aliphatic heterocycles. The summed E-state index contributed by atoms with van der Waals surface area (Å²) < 4.78 is 17.3. The molecule has 0 spiro atoms. The van der Waals surface area contributed by atoms with E-state index in [0.717, 1.165) is 83.5 Å². The van der Waals surface area contributed by atoms with Crippen LogP contribution in [0.2, 0.25) is 0 Å². The van der Waals surface area contributed by atoms with Gasteiger partial charge in [0.1, 0.15) is 6.61 Å². The van der Waals surface area contributed by atoms with Crippen molar-refractivity contribution in [3.63, 3.8) is 0 Å². The van der Waals surface area contributed by atoms with Crippen molar-refractivity contribution in [3.05, 3.63) is 97.2 Å². The highest BCUT2D eigenvalue weighted by Gasteiger charge is 2.17. The van der Waals surface area contributed by atoms with Crippen LogP contribution in [0.25, 0.3) is 0 Å². The molecule has 0 amide bonds. The molecule has 0 aromatic carbocycles. The molecule has 0 rings (SSSR count). The van der Waals surface area contributed by atoms with Crippen molar-refractivity contribution < 1.29 is 23.8 Å². The van der Waals surface area contributed by atoms with Crippen molar-refractivity contribution in [3.8, 4) is 0 Å². The first kappa shape index (κ1) is 58.8. The fraction of sp³-hybridized carbons (Fsp3) is 0.684. The molecule has 0 aliphatic carbocycles. The van der Waals surface area contributed by atoms with Gasteiger partial charge in [-0.15, -0.1) is 0 Å². The van der Waals surface area contributed by atoms with Crippen molar-refractivity contribution in [2.45, 2.75) is 232 Å². The molecule has 0 heterocycles. The molecule has 354 valence electrons. The predicted molar refractivity (Wildman–Crippen MR) is 270 cm³/mol. The van der Waals surface area contributed by atoms with Gasteiger partial charge in [-0.25, -0.2) is 0 Å². The molecule has 0 radical (unpaired) electrons. The van der Waals surface area contributed by atoms with Gasteiger partial charge in [0.05, 0.1) is 13.0 Å². The van der Waals surface area contributed by atoms with E-state index in [9.17, 15) is 9.59 Å². The Morgan fingerprint density at radius 1 is 0.387 bits per heavy atom. The molecule has 1 unspecified atom stereocenters. The summed E-state index contributed by atoms with van der Waals surface area (Å²) in [5.74, 6) is -0.561. The Balaban J connectivity index is 4.43. The van der Waals surface area contributed by atoms with Gasteiger partial charge in [0.2, 0.25) is 0 Å². The normalized spacial score (nSPS) is 13.0. The lowest BCUT2D eigenvalue weighted by Gasteiger charge is -2.18. The fourth-order valence-corrected chi connectivity index (χ4v) is 6.78. The van der Waals surface area contributed by atoms with Gasteiger partial charge in [-0.2, -0.15) is 0 Å². The van der Waals surface area contributed by atoms with Gasteiger partial charge in [0.15, 0.2) is 6.10 Å². The molecular formula is C57H96O5. The largest absolute Gasteiger partial charge is 0.461 e. The van der Waals surface area contributed by atoms with Crippen LogP contribution < -0.4 is 0 Å². The number of ether oxygens (including phenoxy) is 3. The minimum absolute atomic E-state index is 0.0192. The molecule has 0 aromatic rings. The van der Waals surface area contributed by atoms with Crippen LogP contribution in [0, 0.1) is 0 Å². The third-order valence-electron chi connectivity index (χ3n) is 10.6. The lowest BCUT2D eigenvalue weighted by Crippen LogP contribution is -2.30. The van der Waals surface area contributed by atoms with Crippen molar-refractivity contribution >= 4 is 11.9 Å². The lowest BCUT2D eigenvalue weighted by atomic mass is 10.1. The zero-order chi connectivity index (χ0) is 44.9. The lowest BCUT2D eigenvalue weighted by molar-refractivity contribution is -0.162. The third kappa shape index (κ3) is 49.5. The third-order valence-corrected chi connectivity index (χ3v) is 10.6. The first-order valence-electron chi connectivity index (χ1n) is 25.8. The van der Waals surface area contributed by atoms with E-state index in [-0.39, 0.29) is 31.6 Å². The second kappa shape index (κ2) is 52.2. The van der Waals surface area contributed by atoms with E-state index in [2.05, 4.69) is 106 Å². The molecule has 0 fully saturated rings. The summed E-state index contributed by atoms with van der Waals surface area (Å²) in [6.45, 7) is 7.54. The van der Waals surface area contributed by atoms with Gasteiger partial charge in [-0.3, -0.25) is 9.59 Å². The smallest absolute Gasteiger partial charge is 0.309 e. The zero-order valence-corrected chi connectivity index (χ0v) is 40.6. The van der Waals surface area contributed by atoms with Crippen molar-refractivity contribution in [1.29, 1.82) is 0 Å². The SMILES string of the molecule is CC/C=C\C/C=C\C/C=C\C/C=C\C/C=C\CC(=O)OCC(COCCCCCCCC/C=C\C/C=C\CCCCC)OC(=O)CCCCCCC/C=C\CCCCCCCC. The highest BCUT2D eigenvalue weighted by Crippen LogP contribution is 2.12. The van der Waals surface area contributed by atoms with Gasteiger partial charge in [0, 0.05) is 13.0 Å². The number of carbonyl (C=O) groups is 2. The first-order chi connectivity index (χ1) is 30.6.